The average molecular weight is 850 g/mol. The van der Waals surface area contributed by atoms with Crippen molar-refractivity contribution in [2.75, 3.05) is 39.5 Å². The number of rotatable bonds is 45. The molecule has 0 saturated carbocycles. The third-order valence-corrected chi connectivity index (χ3v) is 12.0. The molecule has 2 N–H and O–H groups in total. The van der Waals surface area contributed by atoms with Gasteiger partial charge in [-0.25, -0.2) is 0 Å². The Morgan fingerprint density at radius 2 is 1.10 bits per heavy atom. The van der Waals surface area contributed by atoms with Gasteiger partial charge in [-0.15, -0.1) is 0 Å². The highest BCUT2D eigenvalue weighted by atomic mass is 16.5. The molecular weight excluding hydrogens is 743 g/mol. The molecule has 0 bridgehead atoms. The summed E-state index contributed by atoms with van der Waals surface area (Å²) >= 11 is 0. The van der Waals surface area contributed by atoms with Crippen molar-refractivity contribution in [1.82, 2.24) is 4.90 Å². The first-order valence-corrected chi connectivity index (χ1v) is 26.5. The Kier molecular flexibility index (Phi) is 50.9. The van der Waals surface area contributed by atoms with E-state index in [9.17, 15) is 15.0 Å². The van der Waals surface area contributed by atoms with Crippen LogP contribution in [0.15, 0.2) is 24.0 Å². The zero-order chi connectivity index (χ0) is 44.6. The summed E-state index contributed by atoms with van der Waals surface area (Å²) in [4.78, 5) is 14.4. The van der Waals surface area contributed by atoms with E-state index in [0.29, 0.717) is 38.0 Å². The van der Waals surface area contributed by atoms with E-state index in [0.717, 1.165) is 58.1 Å². The third-order valence-electron chi connectivity index (χ3n) is 12.0. The SMILES string of the molecule is C/C=C/CCCOC(=CCCC)C(CCCCCC)CCCCCCCC.CCCCCCCCC(CCCCCC)COC(=O)CCCCCN(CCO)CC(O)CC. The molecule has 3 atom stereocenters. The molecule has 0 amide bonds. The first-order valence-electron chi connectivity index (χ1n) is 26.5. The van der Waals surface area contributed by atoms with Crippen molar-refractivity contribution in [3.8, 4) is 0 Å². The molecule has 0 heterocycles. The Labute approximate surface area is 375 Å². The van der Waals surface area contributed by atoms with E-state index in [1.54, 1.807) is 0 Å². The van der Waals surface area contributed by atoms with Crippen LogP contribution in [0.2, 0.25) is 0 Å². The molecule has 0 fully saturated rings. The Hall–Kier alpha value is -1.37. The van der Waals surface area contributed by atoms with E-state index in [4.69, 9.17) is 9.47 Å². The van der Waals surface area contributed by atoms with E-state index in [1.807, 2.05) is 6.92 Å². The van der Waals surface area contributed by atoms with Crippen LogP contribution in [0, 0.1) is 11.8 Å². The standard InChI is InChI=1S/C28H57NO4.C26H50O/c1-4-7-9-11-12-15-19-26(18-14-10-8-5-2)25-33-28(32)20-16-13-17-21-29(22-23-30)24-27(31)6-3;1-5-9-13-16-17-19-22-25(21-18-14-10-6-2)26(23-12-8-4)27-24-20-15-11-7-3/h26-27,30-31H,4-25H2,1-3H3;7,11,23,25H,5-6,8-10,12-22,24H2,1-4H3/b;11-7+,26-23?. The van der Waals surface area contributed by atoms with Crippen LogP contribution in [0.4, 0.5) is 0 Å². The van der Waals surface area contributed by atoms with E-state index < -0.39 is 0 Å². The van der Waals surface area contributed by atoms with E-state index in [1.165, 1.54) is 166 Å². The minimum Gasteiger partial charge on any atom is -0.498 e. The second-order valence-corrected chi connectivity index (χ2v) is 17.9. The summed E-state index contributed by atoms with van der Waals surface area (Å²) < 4.78 is 12.0. The van der Waals surface area contributed by atoms with Gasteiger partial charge >= 0.3 is 5.97 Å². The van der Waals surface area contributed by atoms with Crippen molar-refractivity contribution in [3.63, 3.8) is 0 Å². The van der Waals surface area contributed by atoms with Crippen LogP contribution < -0.4 is 0 Å². The highest BCUT2D eigenvalue weighted by Crippen LogP contribution is 2.28. The zero-order valence-electron chi connectivity index (χ0n) is 41.6. The molecule has 3 unspecified atom stereocenters. The molecule has 0 aromatic rings. The fraction of sp³-hybridized carbons (Fsp3) is 0.907. The van der Waals surface area contributed by atoms with Crippen LogP contribution in [0.1, 0.15) is 260 Å². The lowest BCUT2D eigenvalue weighted by Crippen LogP contribution is -2.35. The van der Waals surface area contributed by atoms with Crippen molar-refractivity contribution in [3.05, 3.63) is 24.0 Å². The highest BCUT2D eigenvalue weighted by molar-refractivity contribution is 5.69. The normalized spacial score (nSPS) is 13.4. The van der Waals surface area contributed by atoms with E-state index in [2.05, 4.69) is 64.7 Å². The van der Waals surface area contributed by atoms with Crippen molar-refractivity contribution in [2.24, 2.45) is 11.8 Å². The van der Waals surface area contributed by atoms with Crippen molar-refractivity contribution < 1.29 is 24.5 Å². The highest BCUT2D eigenvalue weighted by Gasteiger charge is 2.16. The second kappa shape index (κ2) is 50.3. The second-order valence-electron chi connectivity index (χ2n) is 17.9. The molecule has 0 aliphatic rings. The maximum Gasteiger partial charge on any atom is 0.305 e. The lowest BCUT2D eigenvalue weighted by molar-refractivity contribution is -0.145. The van der Waals surface area contributed by atoms with Crippen LogP contribution in [-0.2, 0) is 14.3 Å². The van der Waals surface area contributed by atoms with Gasteiger partial charge in [0.15, 0.2) is 0 Å². The summed E-state index contributed by atoms with van der Waals surface area (Å²) in [6.07, 6.45) is 46.9. The van der Waals surface area contributed by atoms with Crippen LogP contribution in [0.25, 0.3) is 0 Å². The summed E-state index contributed by atoms with van der Waals surface area (Å²) in [6.45, 7) is 19.1. The van der Waals surface area contributed by atoms with Crippen molar-refractivity contribution >= 4 is 5.97 Å². The average Bonchev–Trinajstić information content (AvgIpc) is 3.25. The van der Waals surface area contributed by atoms with Gasteiger partial charge in [0.2, 0.25) is 0 Å². The Morgan fingerprint density at radius 1 is 0.583 bits per heavy atom. The predicted molar refractivity (Wildman–Crippen MR) is 263 cm³/mol. The van der Waals surface area contributed by atoms with Crippen molar-refractivity contribution in [2.45, 2.75) is 266 Å². The van der Waals surface area contributed by atoms with Gasteiger partial charge in [-0.05, 0) is 89.7 Å². The van der Waals surface area contributed by atoms with Crippen LogP contribution in [0.5, 0.6) is 0 Å². The summed E-state index contributed by atoms with van der Waals surface area (Å²) in [7, 11) is 0. The number of hydrogen-bond donors (Lipinski definition) is 2. The van der Waals surface area contributed by atoms with E-state index in [-0.39, 0.29) is 18.7 Å². The van der Waals surface area contributed by atoms with Crippen molar-refractivity contribution in [1.29, 1.82) is 0 Å². The number of aliphatic hydroxyl groups excluding tert-OH is 2. The molecule has 0 radical (unpaired) electrons. The number of unbranched alkanes of at least 4 members (excludes halogenated alkanes) is 20. The van der Waals surface area contributed by atoms with Gasteiger partial charge in [0, 0.05) is 25.4 Å². The molecule has 6 heteroatoms. The summed E-state index contributed by atoms with van der Waals surface area (Å²) in [5.41, 5.74) is 0. The Balaban J connectivity index is 0. The predicted octanol–water partition coefficient (Wildman–Crippen LogP) is 15.9. The summed E-state index contributed by atoms with van der Waals surface area (Å²) in [6, 6.07) is 0. The van der Waals surface area contributed by atoms with Gasteiger partial charge in [0.25, 0.3) is 0 Å². The number of aliphatic hydroxyl groups is 2. The molecule has 6 nitrogen and oxygen atoms in total. The first-order chi connectivity index (χ1) is 29.4. The van der Waals surface area contributed by atoms with Gasteiger partial charge in [-0.1, -0.05) is 195 Å². The summed E-state index contributed by atoms with van der Waals surface area (Å²) in [5, 5.41) is 19.0. The molecular formula is C54H107NO5. The number of allylic oxidation sites excluding steroid dienone is 4. The zero-order valence-corrected chi connectivity index (χ0v) is 41.6. The van der Waals surface area contributed by atoms with Crippen LogP contribution in [-0.4, -0.2) is 66.6 Å². The number of hydrogen-bond acceptors (Lipinski definition) is 6. The first kappa shape index (κ1) is 60.7. The molecule has 0 aromatic carbocycles. The molecule has 60 heavy (non-hydrogen) atoms. The third kappa shape index (κ3) is 43.3. The fourth-order valence-electron chi connectivity index (χ4n) is 7.92. The topological polar surface area (TPSA) is 79.2 Å². The number of ether oxygens (including phenoxy) is 2. The fourth-order valence-corrected chi connectivity index (χ4v) is 7.92. The van der Waals surface area contributed by atoms with Gasteiger partial charge < -0.3 is 19.7 Å². The Morgan fingerprint density at radius 3 is 1.62 bits per heavy atom. The molecule has 0 aliphatic carbocycles. The molecule has 0 spiro atoms. The van der Waals surface area contributed by atoms with Gasteiger partial charge in [0.1, 0.15) is 0 Å². The summed E-state index contributed by atoms with van der Waals surface area (Å²) in [5.74, 6) is 2.45. The van der Waals surface area contributed by atoms with Gasteiger partial charge in [0.05, 0.1) is 31.7 Å². The minimum atomic E-state index is -0.335. The Bertz CT molecular complexity index is 907. The minimum absolute atomic E-state index is 0.0508. The lowest BCUT2D eigenvalue weighted by Gasteiger charge is -2.23. The number of esters is 1. The van der Waals surface area contributed by atoms with Crippen LogP contribution in [0.3, 0.4) is 0 Å². The number of nitrogens with zero attached hydrogens (tertiary/aromatic N) is 1. The van der Waals surface area contributed by atoms with E-state index >= 15 is 0 Å². The maximum absolute atomic E-state index is 12.3. The number of carbonyl (C=O) groups excluding carboxylic acids is 1. The van der Waals surface area contributed by atoms with Gasteiger partial charge in [-0.3, -0.25) is 9.69 Å². The quantitative estimate of drug-likeness (QED) is 0.0275. The largest absolute Gasteiger partial charge is 0.498 e. The molecule has 0 saturated heterocycles. The lowest BCUT2D eigenvalue weighted by atomic mass is 9.92. The maximum atomic E-state index is 12.3. The monoisotopic (exact) mass is 850 g/mol. The number of carbonyl (C=O) groups is 1. The molecule has 358 valence electrons. The smallest absolute Gasteiger partial charge is 0.305 e. The molecule has 0 aliphatic heterocycles. The molecule has 0 rings (SSSR count). The van der Waals surface area contributed by atoms with Crippen LogP contribution >= 0.6 is 0 Å². The van der Waals surface area contributed by atoms with Gasteiger partial charge in [-0.2, -0.15) is 0 Å². The molecule has 0 aromatic heterocycles.